The highest BCUT2D eigenvalue weighted by molar-refractivity contribution is 7.80. The van der Waals surface area contributed by atoms with Gasteiger partial charge in [0.15, 0.2) is 11.1 Å². The first-order valence-corrected chi connectivity index (χ1v) is 7.39. The topological polar surface area (TPSA) is 26.3 Å². The smallest absolute Gasteiger partial charge is 0.190 e. The predicted octanol–water partition coefficient (Wildman–Crippen LogP) is 3.62. The Kier molecular flexibility index (Phi) is 7.40. The number of unbranched alkanes of at least 4 members (excludes halogenated alkanes) is 3. The normalized spacial score (nSPS) is 11.7. The summed E-state index contributed by atoms with van der Waals surface area (Å²) in [5.41, 5.74) is 1.14. The van der Waals surface area contributed by atoms with Gasteiger partial charge in [-0.2, -0.15) is 0 Å². The summed E-state index contributed by atoms with van der Waals surface area (Å²) >= 11 is -1.40. The zero-order valence-electron chi connectivity index (χ0n) is 11.1. The Morgan fingerprint density at radius 1 is 1.17 bits per heavy atom. The zero-order valence-corrected chi connectivity index (χ0v) is 11.9. The number of hydrogen-bond donors (Lipinski definition) is 0. The van der Waals surface area contributed by atoms with E-state index in [0.29, 0.717) is 4.90 Å². The molecule has 0 aliphatic carbocycles. The van der Waals surface area contributed by atoms with Crippen LogP contribution in [-0.2, 0) is 15.3 Å². The quantitative estimate of drug-likeness (QED) is 0.579. The maximum atomic E-state index is 11.7. The molecule has 0 unspecified atom stereocenters. The lowest BCUT2D eigenvalue weighted by Crippen LogP contribution is -1.98. The largest absolute Gasteiger partial charge is 0.274 e. The van der Waals surface area contributed by atoms with Crippen LogP contribution in [0.4, 0.5) is 0 Å². The van der Waals surface area contributed by atoms with Gasteiger partial charge in [0.25, 0.3) is 0 Å². The van der Waals surface area contributed by atoms with E-state index in [1.807, 2.05) is 31.2 Å². The van der Waals surface area contributed by atoms with Gasteiger partial charge < -0.3 is 0 Å². The van der Waals surface area contributed by atoms with Gasteiger partial charge >= 0.3 is 0 Å². The van der Waals surface area contributed by atoms with E-state index in [1.165, 1.54) is 12.8 Å². The van der Waals surface area contributed by atoms with Crippen molar-refractivity contribution in [1.29, 1.82) is 0 Å². The third-order valence-corrected chi connectivity index (χ3v) is 3.47. The van der Waals surface area contributed by atoms with Crippen LogP contribution in [0.25, 0.3) is 0 Å². The van der Waals surface area contributed by atoms with Gasteiger partial charge in [-0.25, -0.2) is 4.21 Å². The fourth-order valence-corrected chi connectivity index (χ4v) is 2.06. The van der Waals surface area contributed by atoms with Gasteiger partial charge in [-0.05, 0) is 25.5 Å². The molecule has 0 amide bonds. The van der Waals surface area contributed by atoms with E-state index in [9.17, 15) is 4.21 Å². The third-order valence-electron chi connectivity index (χ3n) is 2.48. The Hall–Kier alpha value is -1.11. The minimum atomic E-state index is -1.40. The highest BCUT2D eigenvalue weighted by Crippen LogP contribution is 2.08. The van der Waals surface area contributed by atoms with E-state index >= 15 is 0 Å². The highest BCUT2D eigenvalue weighted by atomic mass is 32.2. The van der Waals surface area contributed by atoms with Crippen molar-refractivity contribution in [2.24, 2.45) is 0 Å². The van der Waals surface area contributed by atoms with E-state index in [-0.39, 0.29) is 6.61 Å². The lowest BCUT2D eigenvalue weighted by atomic mass is 10.2. The molecular weight excluding hydrogens is 244 g/mol. The third kappa shape index (κ3) is 6.00. The molecular formula is C15H20O2S. The minimum Gasteiger partial charge on any atom is -0.274 e. The van der Waals surface area contributed by atoms with Gasteiger partial charge in [-0.3, -0.25) is 4.18 Å². The van der Waals surface area contributed by atoms with Crippen LogP contribution < -0.4 is 0 Å². The van der Waals surface area contributed by atoms with Crippen molar-refractivity contribution < 1.29 is 8.39 Å². The van der Waals surface area contributed by atoms with Crippen molar-refractivity contribution >= 4 is 11.1 Å². The molecule has 0 N–H and O–H groups in total. The molecule has 0 radical (unpaired) electrons. The van der Waals surface area contributed by atoms with Crippen LogP contribution in [0.15, 0.2) is 29.2 Å². The van der Waals surface area contributed by atoms with Gasteiger partial charge in [0.2, 0.25) is 0 Å². The van der Waals surface area contributed by atoms with Crippen LogP contribution in [0.1, 0.15) is 38.2 Å². The van der Waals surface area contributed by atoms with Crippen molar-refractivity contribution in [3.8, 4) is 11.8 Å². The number of benzene rings is 1. The summed E-state index contributed by atoms with van der Waals surface area (Å²) in [6.07, 6.45) is 4.44. The van der Waals surface area contributed by atoms with Crippen molar-refractivity contribution in [1.82, 2.24) is 0 Å². The Morgan fingerprint density at radius 3 is 2.56 bits per heavy atom. The summed E-state index contributed by atoms with van der Waals surface area (Å²) in [7, 11) is 0. The van der Waals surface area contributed by atoms with Crippen LogP contribution in [0.5, 0.6) is 0 Å². The number of aryl methyl sites for hydroxylation is 1. The van der Waals surface area contributed by atoms with E-state index in [4.69, 9.17) is 4.18 Å². The fraction of sp³-hybridized carbons (Fsp3) is 0.467. The molecule has 0 spiro atoms. The number of rotatable bonds is 6. The van der Waals surface area contributed by atoms with Crippen LogP contribution >= 0.6 is 0 Å². The molecule has 0 aliphatic rings. The molecule has 0 fully saturated rings. The minimum absolute atomic E-state index is 0.229. The Labute approximate surface area is 112 Å². The maximum absolute atomic E-state index is 11.7. The monoisotopic (exact) mass is 264 g/mol. The second-order valence-electron chi connectivity index (χ2n) is 4.12. The van der Waals surface area contributed by atoms with Gasteiger partial charge in [0, 0.05) is 6.42 Å². The predicted molar refractivity (Wildman–Crippen MR) is 75.5 cm³/mol. The molecule has 1 aromatic rings. The van der Waals surface area contributed by atoms with E-state index in [2.05, 4.69) is 18.8 Å². The van der Waals surface area contributed by atoms with Gasteiger partial charge in [0.1, 0.15) is 6.61 Å². The van der Waals surface area contributed by atoms with Crippen LogP contribution in [0, 0.1) is 18.8 Å². The average molecular weight is 264 g/mol. The van der Waals surface area contributed by atoms with Crippen molar-refractivity contribution in [2.45, 2.75) is 44.4 Å². The molecule has 98 valence electrons. The summed E-state index contributed by atoms with van der Waals surface area (Å²) in [5, 5.41) is 0. The molecule has 0 bridgehead atoms. The lowest BCUT2D eigenvalue weighted by Gasteiger charge is -2.00. The maximum Gasteiger partial charge on any atom is 0.190 e. The fourth-order valence-electron chi connectivity index (χ4n) is 1.40. The second-order valence-corrected chi connectivity index (χ2v) is 5.30. The van der Waals surface area contributed by atoms with Gasteiger partial charge in [0.05, 0.1) is 4.90 Å². The molecule has 2 nitrogen and oxygen atoms in total. The molecule has 1 aromatic carbocycles. The van der Waals surface area contributed by atoms with Gasteiger partial charge in [-0.1, -0.05) is 43.4 Å². The molecule has 0 aliphatic heterocycles. The first kappa shape index (κ1) is 14.9. The van der Waals surface area contributed by atoms with Crippen molar-refractivity contribution in [3.05, 3.63) is 29.8 Å². The van der Waals surface area contributed by atoms with Crippen LogP contribution in [0.2, 0.25) is 0 Å². The summed E-state index contributed by atoms with van der Waals surface area (Å²) in [4.78, 5) is 0.688. The van der Waals surface area contributed by atoms with E-state index in [1.54, 1.807) is 0 Å². The Morgan fingerprint density at radius 2 is 1.89 bits per heavy atom. The van der Waals surface area contributed by atoms with Crippen LogP contribution in [-0.4, -0.2) is 10.8 Å². The number of hydrogen-bond acceptors (Lipinski definition) is 2. The molecule has 0 aromatic heterocycles. The molecule has 0 saturated heterocycles. The summed E-state index contributed by atoms with van der Waals surface area (Å²) in [6.45, 7) is 4.39. The molecule has 18 heavy (non-hydrogen) atoms. The van der Waals surface area contributed by atoms with Crippen molar-refractivity contribution in [2.75, 3.05) is 6.61 Å². The first-order valence-electron chi connectivity index (χ1n) is 6.31. The van der Waals surface area contributed by atoms with Gasteiger partial charge in [-0.15, -0.1) is 5.92 Å². The Balaban J connectivity index is 2.27. The summed E-state index contributed by atoms with van der Waals surface area (Å²) in [5.74, 6) is 5.92. The molecule has 3 heteroatoms. The average Bonchev–Trinajstić information content (AvgIpc) is 2.38. The summed E-state index contributed by atoms with van der Waals surface area (Å²) in [6, 6.07) is 7.49. The Bertz CT molecular complexity index is 426. The standard InChI is InChI=1S/C15H20O2S/c1-3-4-5-6-7-8-13-17-18(16)15-11-9-14(2)10-12-15/h9-12H,3-6,13H2,1-2H3/t18-/m0/s1. The van der Waals surface area contributed by atoms with E-state index in [0.717, 1.165) is 18.4 Å². The molecule has 0 heterocycles. The lowest BCUT2D eigenvalue weighted by molar-refractivity contribution is 0.402. The summed E-state index contributed by atoms with van der Waals surface area (Å²) < 4.78 is 16.9. The van der Waals surface area contributed by atoms with Crippen LogP contribution in [0.3, 0.4) is 0 Å². The first-order chi connectivity index (χ1) is 8.74. The second kappa shape index (κ2) is 8.91. The van der Waals surface area contributed by atoms with Crippen molar-refractivity contribution in [3.63, 3.8) is 0 Å². The highest BCUT2D eigenvalue weighted by Gasteiger charge is 2.02. The van der Waals surface area contributed by atoms with E-state index < -0.39 is 11.1 Å². The molecule has 1 rings (SSSR count). The molecule has 0 saturated carbocycles. The zero-order chi connectivity index (χ0) is 13.2. The molecule has 1 atom stereocenters. The SMILES string of the molecule is CCCCCC#CCO[S@](=O)c1ccc(C)cc1.